The topological polar surface area (TPSA) is 44.9 Å². The molecule has 0 spiro atoms. The van der Waals surface area contributed by atoms with Crippen LogP contribution in [0.1, 0.15) is 58.3 Å². The van der Waals surface area contributed by atoms with Gasteiger partial charge in [0.25, 0.3) is 0 Å². The fourth-order valence-corrected chi connectivity index (χ4v) is 3.34. The Labute approximate surface area is 153 Å². The van der Waals surface area contributed by atoms with E-state index in [2.05, 4.69) is 21.7 Å². The molecular weight excluding hydrogens is 387 g/mol. The Kier molecular flexibility index (Phi) is 10.4. The van der Waals surface area contributed by atoms with E-state index >= 15 is 0 Å². The van der Waals surface area contributed by atoms with Crippen molar-refractivity contribution in [2.75, 3.05) is 39.3 Å². The smallest absolute Gasteiger partial charge is 0.191 e. The molecule has 130 valence electrons. The molecule has 2 saturated heterocycles. The second-order valence-electron chi connectivity index (χ2n) is 6.87. The highest BCUT2D eigenvalue weighted by atomic mass is 127. The van der Waals surface area contributed by atoms with Crippen molar-refractivity contribution in [3.8, 4) is 0 Å². The van der Waals surface area contributed by atoms with Gasteiger partial charge in [0.05, 0.1) is 0 Å². The fraction of sp³-hybridized carbons (Fsp3) is 0.941. The van der Waals surface area contributed by atoms with Crippen LogP contribution in [0.4, 0.5) is 0 Å². The summed E-state index contributed by atoms with van der Waals surface area (Å²) in [7, 11) is 0. The first-order chi connectivity index (χ1) is 10.3. The predicted molar refractivity (Wildman–Crippen MR) is 106 cm³/mol. The molecule has 0 aromatic heterocycles. The van der Waals surface area contributed by atoms with E-state index in [0.29, 0.717) is 0 Å². The second-order valence-corrected chi connectivity index (χ2v) is 6.87. The van der Waals surface area contributed by atoms with Crippen molar-refractivity contribution in [1.29, 1.82) is 0 Å². The van der Waals surface area contributed by atoms with Crippen LogP contribution in [0.15, 0.2) is 4.99 Å². The molecule has 0 radical (unpaired) electrons. The molecule has 5 heteroatoms. The first-order valence-corrected chi connectivity index (χ1v) is 9.03. The van der Waals surface area contributed by atoms with Crippen LogP contribution in [0.2, 0.25) is 0 Å². The van der Waals surface area contributed by atoms with Crippen LogP contribution >= 0.6 is 24.0 Å². The van der Waals surface area contributed by atoms with Gasteiger partial charge in [0, 0.05) is 19.6 Å². The third-order valence-corrected chi connectivity index (χ3v) is 4.96. The molecule has 4 nitrogen and oxygen atoms in total. The Morgan fingerprint density at radius 3 is 2.36 bits per heavy atom. The monoisotopic (exact) mass is 422 g/mol. The number of likely N-dealkylation sites (tertiary alicyclic amines) is 2. The molecule has 2 rings (SSSR count). The van der Waals surface area contributed by atoms with Gasteiger partial charge < -0.3 is 15.5 Å². The number of hydrogen-bond donors (Lipinski definition) is 1. The van der Waals surface area contributed by atoms with Gasteiger partial charge in [-0.3, -0.25) is 4.99 Å². The van der Waals surface area contributed by atoms with Crippen molar-refractivity contribution in [3.63, 3.8) is 0 Å². The van der Waals surface area contributed by atoms with Crippen LogP contribution in [0.25, 0.3) is 0 Å². The van der Waals surface area contributed by atoms with Gasteiger partial charge in [-0.2, -0.15) is 0 Å². The molecule has 2 fully saturated rings. The van der Waals surface area contributed by atoms with Gasteiger partial charge in [0.2, 0.25) is 0 Å². The number of rotatable bonds is 6. The summed E-state index contributed by atoms with van der Waals surface area (Å²) in [4.78, 5) is 9.44. The summed E-state index contributed by atoms with van der Waals surface area (Å²) >= 11 is 0. The molecule has 0 bridgehead atoms. The summed E-state index contributed by atoms with van der Waals surface area (Å²) in [5, 5.41) is 0. The highest BCUT2D eigenvalue weighted by Crippen LogP contribution is 2.15. The van der Waals surface area contributed by atoms with Gasteiger partial charge in [-0.15, -0.1) is 24.0 Å². The van der Waals surface area contributed by atoms with Gasteiger partial charge >= 0.3 is 0 Å². The molecule has 2 aliphatic rings. The maximum absolute atomic E-state index is 6.09. The van der Waals surface area contributed by atoms with E-state index in [9.17, 15) is 0 Å². The number of halogens is 1. The Morgan fingerprint density at radius 2 is 1.68 bits per heavy atom. The summed E-state index contributed by atoms with van der Waals surface area (Å²) in [6.07, 6.45) is 10.5. The number of piperidine rings is 2. The van der Waals surface area contributed by atoms with E-state index in [0.717, 1.165) is 31.5 Å². The van der Waals surface area contributed by atoms with E-state index in [1.165, 1.54) is 71.0 Å². The van der Waals surface area contributed by atoms with Crippen molar-refractivity contribution in [3.05, 3.63) is 0 Å². The maximum Gasteiger partial charge on any atom is 0.191 e. The van der Waals surface area contributed by atoms with Crippen LogP contribution in [0.3, 0.4) is 0 Å². The van der Waals surface area contributed by atoms with E-state index in [-0.39, 0.29) is 24.0 Å². The predicted octanol–water partition coefficient (Wildman–Crippen LogP) is 3.31. The highest BCUT2D eigenvalue weighted by Gasteiger charge is 2.16. The minimum absolute atomic E-state index is 0. The summed E-state index contributed by atoms with van der Waals surface area (Å²) in [6.45, 7) is 9.32. The van der Waals surface area contributed by atoms with E-state index < -0.39 is 0 Å². The Balaban J connectivity index is 0.00000242. The van der Waals surface area contributed by atoms with E-state index in [1.807, 2.05) is 0 Å². The Bertz CT molecular complexity index is 308. The molecule has 0 amide bonds. The lowest BCUT2D eigenvalue weighted by molar-refractivity contribution is 0.224. The Hall–Kier alpha value is -0.0400. The fourth-order valence-electron chi connectivity index (χ4n) is 3.34. The normalized spacial score (nSPS) is 21.7. The first-order valence-electron chi connectivity index (χ1n) is 9.03. The third kappa shape index (κ3) is 7.49. The zero-order chi connectivity index (χ0) is 14.9. The Morgan fingerprint density at radius 1 is 1.00 bits per heavy atom. The number of hydrogen-bond acceptors (Lipinski definition) is 2. The van der Waals surface area contributed by atoms with Crippen molar-refractivity contribution < 1.29 is 0 Å². The summed E-state index contributed by atoms with van der Waals surface area (Å²) in [5.41, 5.74) is 6.09. The number of nitrogens with zero attached hydrogens (tertiary/aromatic N) is 3. The first kappa shape index (κ1) is 20.0. The van der Waals surface area contributed by atoms with E-state index in [4.69, 9.17) is 5.73 Å². The lowest BCUT2D eigenvalue weighted by atomic mass is 10.00. The average molecular weight is 422 g/mol. The SMILES string of the molecule is CC1CCN(C(N)=NCCCCCN2CCCCC2)CC1.I. The maximum atomic E-state index is 6.09. The minimum atomic E-state index is 0. The van der Waals surface area contributed by atoms with Crippen LogP contribution in [-0.2, 0) is 0 Å². The standard InChI is InChI=1S/C17H34N4.HI/c1-16-8-14-21(15-9-16)17(18)19-10-4-2-5-11-20-12-6-3-7-13-20;/h16H,2-15H2,1H3,(H2,18,19);1H. The van der Waals surface area contributed by atoms with Crippen molar-refractivity contribution >= 4 is 29.9 Å². The summed E-state index contributed by atoms with van der Waals surface area (Å²) in [6, 6.07) is 0. The van der Waals surface area contributed by atoms with Crippen molar-refractivity contribution in [2.24, 2.45) is 16.6 Å². The van der Waals surface area contributed by atoms with Crippen molar-refractivity contribution in [1.82, 2.24) is 9.80 Å². The minimum Gasteiger partial charge on any atom is -0.370 e. The largest absolute Gasteiger partial charge is 0.370 e. The van der Waals surface area contributed by atoms with Crippen LogP contribution in [0, 0.1) is 5.92 Å². The van der Waals surface area contributed by atoms with Gasteiger partial charge in [-0.25, -0.2) is 0 Å². The van der Waals surface area contributed by atoms with Gasteiger partial charge in [0.1, 0.15) is 0 Å². The van der Waals surface area contributed by atoms with Crippen LogP contribution in [-0.4, -0.2) is 55.0 Å². The van der Waals surface area contributed by atoms with Gasteiger partial charge in [-0.05, 0) is 64.1 Å². The van der Waals surface area contributed by atoms with Crippen LogP contribution in [0.5, 0.6) is 0 Å². The molecule has 2 aliphatic heterocycles. The highest BCUT2D eigenvalue weighted by molar-refractivity contribution is 14.0. The zero-order valence-corrected chi connectivity index (χ0v) is 16.6. The van der Waals surface area contributed by atoms with Gasteiger partial charge in [-0.1, -0.05) is 19.8 Å². The number of guanidine groups is 1. The molecule has 0 atom stereocenters. The molecule has 2 N–H and O–H groups in total. The molecular formula is C17H35IN4. The average Bonchev–Trinajstić information content (AvgIpc) is 2.52. The number of aliphatic imine (C=N–C) groups is 1. The summed E-state index contributed by atoms with van der Waals surface area (Å²) < 4.78 is 0. The van der Waals surface area contributed by atoms with Crippen LogP contribution < -0.4 is 5.73 Å². The second kappa shape index (κ2) is 11.5. The molecule has 0 aromatic carbocycles. The number of nitrogens with two attached hydrogens (primary N) is 1. The molecule has 0 unspecified atom stereocenters. The molecule has 22 heavy (non-hydrogen) atoms. The quantitative estimate of drug-likeness (QED) is 0.309. The molecule has 0 saturated carbocycles. The van der Waals surface area contributed by atoms with Gasteiger partial charge in [0.15, 0.2) is 5.96 Å². The zero-order valence-electron chi connectivity index (χ0n) is 14.3. The van der Waals surface area contributed by atoms with Crippen molar-refractivity contribution in [2.45, 2.75) is 58.3 Å². The third-order valence-electron chi connectivity index (χ3n) is 4.96. The summed E-state index contributed by atoms with van der Waals surface area (Å²) in [5.74, 6) is 1.63. The molecule has 0 aromatic rings. The number of unbranched alkanes of at least 4 members (excludes halogenated alkanes) is 2. The molecule has 0 aliphatic carbocycles. The lowest BCUT2D eigenvalue weighted by Crippen LogP contribution is -2.42. The molecule has 2 heterocycles. The lowest BCUT2D eigenvalue weighted by Gasteiger charge is -2.31. The van der Waals surface area contributed by atoms with E-state index in [1.54, 1.807) is 0 Å².